The van der Waals surface area contributed by atoms with Gasteiger partial charge in [0.1, 0.15) is 6.33 Å². The molecule has 1 unspecified atom stereocenters. The van der Waals surface area contributed by atoms with Crippen LogP contribution in [0.15, 0.2) is 28.5 Å². The number of imidazole rings is 1. The van der Waals surface area contributed by atoms with Gasteiger partial charge in [-0.2, -0.15) is 0 Å². The standard InChI is InChI=1S/C17H20N6O2S2/c1-10-7-11-3-2-4-12(11)8-13(10)26-17-22-14-15(18)19-9-20-16(14)23(17)6-5-21-27(24)25/h7-9,21H,2-6H2,1H3,(H,24,25)(H2,18,19,20)/p-1. The second kappa shape index (κ2) is 7.55. The highest BCUT2D eigenvalue weighted by molar-refractivity contribution is 7.99. The molecule has 3 N–H and O–H groups in total. The molecule has 2 aromatic heterocycles. The van der Waals surface area contributed by atoms with Gasteiger partial charge in [-0.3, -0.25) is 4.21 Å². The van der Waals surface area contributed by atoms with Crippen LogP contribution in [0.5, 0.6) is 0 Å². The number of hydrogen-bond acceptors (Lipinski definition) is 7. The van der Waals surface area contributed by atoms with E-state index in [0.29, 0.717) is 23.5 Å². The summed E-state index contributed by atoms with van der Waals surface area (Å²) in [5.74, 6) is 0.312. The zero-order valence-electron chi connectivity index (χ0n) is 14.8. The van der Waals surface area contributed by atoms with Gasteiger partial charge in [0.25, 0.3) is 0 Å². The van der Waals surface area contributed by atoms with E-state index in [0.717, 1.165) is 22.9 Å². The minimum Gasteiger partial charge on any atom is -0.760 e. The first kappa shape index (κ1) is 18.4. The van der Waals surface area contributed by atoms with Gasteiger partial charge >= 0.3 is 0 Å². The molecule has 1 aliphatic rings. The number of nitrogen functional groups attached to an aromatic ring is 1. The minimum atomic E-state index is -2.31. The Balaban J connectivity index is 1.72. The average Bonchev–Trinajstić information content (AvgIpc) is 3.21. The van der Waals surface area contributed by atoms with Crippen molar-refractivity contribution in [2.24, 2.45) is 0 Å². The fraction of sp³-hybridized carbons (Fsp3) is 0.353. The molecule has 0 aliphatic heterocycles. The van der Waals surface area contributed by atoms with Gasteiger partial charge in [-0.05, 0) is 48.9 Å². The summed E-state index contributed by atoms with van der Waals surface area (Å²) in [4.78, 5) is 14.1. The van der Waals surface area contributed by atoms with Gasteiger partial charge in [-0.1, -0.05) is 17.8 Å². The molecule has 4 rings (SSSR count). The lowest BCUT2D eigenvalue weighted by atomic mass is 10.1. The van der Waals surface area contributed by atoms with Gasteiger partial charge in [-0.15, -0.1) is 0 Å². The van der Waals surface area contributed by atoms with E-state index >= 15 is 0 Å². The maximum atomic E-state index is 10.8. The Kier molecular flexibility index (Phi) is 5.13. The molecule has 0 spiro atoms. The van der Waals surface area contributed by atoms with E-state index in [9.17, 15) is 8.76 Å². The van der Waals surface area contributed by atoms with Crippen molar-refractivity contribution in [1.29, 1.82) is 0 Å². The van der Waals surface area contributed by atoms with Crippen LogP contribution < -0.4 is 10.5 Å². The van der Waals surface area contributed by atoms with Crippen molar-refractivity contribution >= 4 is 40.0 Å². The summed E-state index contributed by atoms with van der Waals surface area (Å²) >= 11 is -0.765. The molecule has 0 saturated heterocycles. The summed E-state index contributed by atoms with van der Waals surface area (Å²) in [7, 11) is 0. The summed E-state index contributed by atoms with van der Waals surface area (Å²) < 4.78 is 25.8. The largest absolute Gasteiger partial charge is 0.760 e. The fourth-order valence-electron chi connectivity index (χ4n) is 3.39. The number of nitrogens with zero attached hydrogens (tertiary/aromatic N) is 4. The fourth-order valence-corrected chi connectivity index (χ4v) is 4.69. The van der Waals surface area contributed by atoms with Crippen LogP contribution in [0.25, 0.3) is 11.2 Å². The van der Waals surface area contributed by atoms with E-state index in [-0.39, 0.29) is 6.54 Å². The van der Waals surface area contributed by atoms with Crippen LogP contribution in [0.2, 0.25) is 0 Å². The van der Waals surface area contributed by atoms with Gasteiger partial charge in [0.15, 0.2) is 22.1 Å². The van der Waals surface area contributed by atoms with Gasteiger partial charge < -0.3 is 14.9 Å². The molecule has 1 aliphatic carbocycles. The average molecular weight is 404 g/mol. The summed E-state index contributed by atoms with van der Waals surface area (Å²) in [6.45, 7) is 2.74. The summed E-state index contributed by atoms with van der Waals surface area (Å²) in [5.41, 5.74) is 11.1. The highest BCUT2D eigenvalue weighted by atomic mass is 32.2. The zero-order valence-corrected chi connectivity index (χ0v) is 16.4. The lowest BCUT2D eigenvalue weighted by molar-refractivity contribution is 0.516. The van der Waals surface area contributed by atoms with Gasteiger partial charge in [-0.25, -0.2) is 19.7 Å². The number of fused-ring (bicyclic) bond motifs is 2. The molecule has 142 valence electrons. The Morgan fingerprint density at radius 2 is 2.11 bits per heavy atom. The van der Waals surface area contributed by atoms with E-state index < -0.39 is 11.3 Å². The molecule has 27 heavy (non-hydrogen) atoms. The van der Waals surface area contributed by atoms with Crippen LogP contribution in [0.1, 0.15) is 23.1 Å². The van der Waals surface area contributed by atoms with Crippen LogP contribution in [0, 0.1) is 6.92 Å². The Labute approximate surface area is 163 Å². The number of hydrogen-bond donors (Lipinski definition) is 2. The predicted molar refractivity (Wildman–Crippen MR) is 104 cm³/mol. The number of anilines is 1. The van der Waals surface area contributed by atoms with Gasteiger partial charge in [0.2, 0.25) is 0 Å². The lowest BCUT2D eigenvalue weighted by Gasteiger charge is -2.12. The third kappa shape index (κ3) is 3.70. The number of aromatic nitrogens is 4. The number of nitrogens with two attached hydrogens (primary N) is 1. The maximum absolute atomic E-state index is 10.8. The SMILES string of the molecule is Cc1cc2c(cc1Sc1nc3c(N)ncnc3n1CCNS(=O)[O-])CCC2. The van der Waals surface area contributed by atoms with Crippen molar-refractivity contribution in [2.75, 3.05) is 12.3 Å². The molecule has 0 fully saturated rings. The monoisotopic (exact) mass is 403 g/mol. The normalized spacial score (nSPS) is 14.6. The van der Waals surface area contributed by atoms with E-state index in [1.54, 1.807) is 11.8 Å². The van der Waals surface area contributed by atoms with Crippen molar-refractivity contribution in [1.82, 2.24) is 24.2 Å². The predicted octanol–water partition coefficient (Wildman–Crippen LogP) is 1.74. The Bertz CT molecular complexity index is 1040. The van der Waals surface area contributed by atoms with Crippen molar-refractivity contribution in [3.05, 3.63) is 35.2 Å². The van der Waals surface area contributed by atoms with Crippen molar-refractivity contribution in [2.45, 2.75) is 42.8 Å². The first-order chi connectivity index (χ1) is 13.0. The Morgan fingerprint density at radius 3 is 2.89 bits per heavy atom. The van der Waals surface area contributed by atoms with Crippen molar-refractivity contribution < 1.29 is 8.76 Å². The van der Waals surface area contributed by atoms with E-state index in [2.05, 4.69) is 38.7 Å². The lowest BCUT2D eigenvalue weighted by Crippen LogP contribution is -2.22. The molecule has 0 amide bonds. The van der Waals surface area contributed by atoms with Crippen molar-refractivity contribution in [3.63, 3.8) is 0 Å². The molecule has 3 aromatic rings. The van der Waals surface area contributed by atoms with Gasteiger partial charge in [0.05, 0.1) is 0 Å². The molecule has 2 heterocycles. The molecule has 1 aromatic carbocycles. The molecular formula is C17H19N6O2S2-. The summed E-state index contributed by atoms with van der Waals surface area (Å²) in [5, 5.41) is 0.719. The molecular weight excluding hydrogens is 384 g/mol. The molecule has 0 bridgehead atoms. The summed E-state index contributed by atoms with van der Waals surface area (Å²) in [6, 6.07) is 4.50. The Morgan fingerprint density at radius 1 is 1.33 bits per heavy atom. The second-order valence-electron chi connectivity index (χ2n) is 6.45. The third-order valence-electron chi connectivity index (χ3n) is 4.67. The minimum absolute atomic E-state index is 0.238. The van der Waals surface area contributed by atoms with Crippen LogP contribution in [0.4, 0.5) is 5.82 Å². The second-order valence-corrected chi connectivity index (χ2v) is 8.22. The quantitative estimate of drug-likeness (QED) is 0.601. The molecule has 0 saturated carbocycles. The smallest absolute Gasteiger partial charge is 0.175 e. The first-order valence-electron chi connectivity index (χ1n) is 8.62. The molecule has 1 atom stereocenters. The molecule has 8 nitrogen and oxygen atoms in total. The van der Waals surface area contributed by atoms with Gasteiger partial charge in [0, 0.05) is 29.3 Å². The third-order valence-corrected chi connectivity index (χ3v) is 6.27. The van der Waals surface area contributed by atoms with Crippen LogP contribution >= 0.6 is 11.8 Å². The first-order valence-corrected chi connectivity index (χ1v) is 10.5. The van der Waals surface area contributed by atoms with Crippen LogP contribution in [-0.2, 0) is 30.7 Å². The van der Waals surface area contributed by atoms with E-state index in [4.69, 9.17) is 5.73 Å². The highest BCUT2D eigenvalue weighted by Crippen LogP contribution is 2.36. The molecule has 10 heteroatoms. The van der Waals surface area contributed by atoms with E-state index in [1.807, 2.05) is 4.57 Å². The van der Waals surface area contributed by atoms with Crippen LogP contribution in [-0.4, -0.2) is 34.8 Å². The van der Waals surface area contributed by atoms with E-state index in [1.165, 1.54) is 29.4 Å². The number of nitrogens with one attached hydrogen (secondary N) is 1. The summed E-state index contributed by atoms with van der Waals surface area (Å²) in [6.07, 6.45) is 4.84. The topological polar surface area (TPSA) is 122 Å². The number of benzene rings is 1. The number of aryl methyl sites for hydroxylation is 3. The maximum Gasteiger partial charge on any atom is 0.175 e. The Hall–Kier alpha value is -2.01. The highest BCUT2D eigenvalue weighted by Gasteiger charge is 2.18. The number of rotatable bonds is 6. The zero-order chi connectivity index (χ0) is 19.0. The van der Waals surface area contributed by atoms with Crippen LogP contribution in [0.3, 0.4) is 0 Å². The molecule has 0 radical (unpaired) electrons. The van der Waals surface area contributed by atoms with Crippen molar-refractivity contribution in [3.8, 4) is 0 Å².